The van der Waals surface area contributed by atoms with E-state index in [4.69, 9.17) is 9.47 Å². The second kappa shape index (κ2) is 6.28. The number of benzene rings is 2. The Morgan fingerprint density at radius 2 is 2.05 bits per heavy atom. The first-order chi connectivity index (χ1) is 10.7. The minimum Gasteiger partial charge on any atom is -0.508 e. The van der Waals surface area contributed by atoms with Gasteiger partial charge in [-0.2, -0.15) is 0 Å². The number of phenols is 1. The van der Waals surface area contributed by atoms with E-state index in [1.54, 1.807) is 20.3 Å². The number of fused-ring (bicyclic) bond motifs is 1. The van der Waals surface area contributed by atoms with Crippen molar-refractivity contribution >= 4 is 0 Å². The van der Waals surface area contributed by atoms with Crippen LogP contribution in [0.3, 0.4) is 0 Å². The van der Waals surface area contributed by atoms with Gasteiger partial charge in [0.1, 0.15) is 17.2 Å². The summed E-state index contributed by atoms with van der Waals surface area (Å²) in [5, 5.41) is 13.5. The van der Waals surface area contributed by atoms with Gasteiger partial charge < -0.3 is 19.9 Å². The van der Waals surface area contributed by atoms with Crippen molar-refractivity contribution in [3.8, 4) is 17.2 Å². The zero-order valence-corrected chi connectivity index (χ0v) is 12.9. The van der Waals surface area contributed by atoms with Crippen LogP contribution in [0.5, 0.6) is 17.2 Å². The number of phenolic OH excluding ortho intramolecular Hbond substituents is 1. The number of nitrogens with one attached hydrogen (secondary N) is 1. The van der Waals surface area contributed by atoms with Crippen LogP contribution < -0.4 is 14.8 Å². The Hall–Kier alpha value is -2.20. The van der Waals surface area contributed by atoms with Crippen LogP contribution >= 0.6 is 0 Å². The summed E-state index contributed by atoms with van der Waals surface area (Å²) in [6.07, 6.45) is 1.92. The van der Waals surface area contributed by atoms with Gasteiger partial charge in [-0.05, 0) is 36.1 Å². The van der Waals surface area contributed by atoms with Gasteiger partial charge in [0.15, 0.2) is 0 Å². The van der Waals surface area contributed by atoms with Gasteiger partial charge in [0.2, 0.25) is 0 Å². The summed E-state index contributed by atoms with van der Waals surface area (Å²) in [6, 6.07) is 11.9. The lowest BCUT2D eigenvalue weighted by atomic mass is 10.1. The predicted octanol–water partition coefficient (Wildman–Crippen LogP) is 3.19. The van der Waals surface area contributed by atoms with Gasteiger partial charge in [0.05, 0.1) is 14.2 Å². The molecule has 2 aromatic rings. The fourth-order valence-corrected chi connectivity index (χ4v) is 3.08. The van der Waals surface area contributed by atoms with E-state index in [-0.39, 0.29) is 6.04 Å². The van der Waals surface area contributed by atoms with Crippen LogP contribution in [0.25, 0.3) is 0 Å². The second-order valence-electron chi connectivity index (χ2n) is 5.49. The fourth-order valence-electron chi connectivity index (χ4n) is 3.08. The highest BCUT2D eigenvalue weighted by Gasteiger charge is 2.24. The molecule has 4 nitrogen and oxygen atoms in total. The lowest BCUT2D eigenvalue weighted by Gasteiger charge is -2.16. The molecule has 116 valence electrons. The van der Waals surface area contributed by atoms with E-state index >= 15 is 0 Å². The van der Waals surface area contributed by atoms with Crippen molar-refractivity contribution in [2.75, 3.05) is 14.2 Å². The molecule has 0 saturated heterocycles. The Morgan fingerprint density at radius 1 is 1.18 bits per heavy atom. The van der Waals surface area contributed by atoms with E-state index < -0.39 is 0 Å². The minimum atomic E-state index is 0.272. The lowest BCUT2D eigenvalue weighted by Crippen LogP contribution is -2.19. The summed E-state index contributed by atoms with van der Waals surface area (Å²) in [4.78, 5) is 0. The van der Waals surface area contributed by atoms with Crippen molar-refractivity contribution in [3.05, 3.63) is 53.1 Å². The van der Waals surface area contributed by atoms with Gasteiger partial charge in [-0.1, -0.05) is 18.2 Å². The number of hydrogen-bond donors (Lipinski definition) is 2. The van der Waals surface area contributed by atoms with E-state index in [2.05, 4.69) is 11.4 Å². The lowest BCUT2D eigenvalue weighted by molar-refractivity contribution is 0.388. The van der Waals surface area contributed by atoms with E-state index in [1.165, 1.54) is 5.56 Å². The number of hydrogen-bond acceptors (Lipinski definition) is 4. The smallest absolute Gasteiger partial charge is 0.127 e. The van der Waals surface area contributed by atoms with Crippen LogP contribution in [-0.4, -0.2) is 19.3 Å². The van der Waals surface area contributed by atoms with Gasteiger partial charge in [0, 0.05) is 24.2 Å². The molecule has 0 spiro atoms. The predicted molar refractivity (Wildman–Crippen MR) is 85.6 cm³/mol. The van der Waals surface area contributed by atoms with Crippen LogP contribution in [0.4, 0.5) is 0 Å². The summed E-state index contributed by atoms with van der Waals surface area (Å²) in [5.41, 5.74) is 3.37. The van der Waals surface area contributed by atoms with Crippen molar-refractivity contribution in [1.29, 1.82) is 0 Å². The molecule has 4 heteroatoms. The van der Waals surface area contributed by atoms with Crippen molar-refractivity contribution in [1.82, 2.24) is 5.32 Å². The van der Waals surface area contributed by atoms with E-state index in [9.17, 15) is 5.11 Å². The highest BCUT2D eigenvalue weighted by molar-refractivity contribution is 5.45. The molecule has 2 aromatic carbocycles. The number of ether oxygens (including phenoxy) is 2. The first-order valence-electron chi connectivity index (χ1n) is 7.48. The maximum atomic E-state index is 9.91. The number of methoxy groups -OCH3 is 2. The summed E-state index contributed by atoms with van der Waals surface area (Å²) in [5.74, 6) is 2.02. The molecule has 0 bridgehead atoms. The maximum Gasteiger partial charge on any atom is 0.127 e. The molecule has 0 unspecified atom stereocenters. The highest BCUT2D eigenvalue weighted by Crippen LogP contribution is 2.36. The molecule has 1 aliphatic carbocycles. The Kier molecular flexibility index (Phi) is 4.20. The minimum absolute atomic E-state index is 0.272. The molecular formula is C18H21NO3. The SMILES string of the molecule is COc1ccc(CN[C@H]2CCc3c(O)cccc32)c(OC)c1. The Bertz CT molecular complexity index is 669. The number of rotatable bonds is 5. The monoisotopic (exact) mass is 299 g/mol. The third kappa shape index (κ3) is 2.74. The summed E-state index contributed by atoms with van der Waals surface area (Å²) in [7, 11) is 3.32. The molecule has 22 heavy (non-hydrogen) atoms. The zero-order valence-electron chi connectivity index (χ0n) is 12.9. The zero-order chi connectivity index (χ0) is 15.5. The highest BCUT2D eigenvalue weighted by atomic mass is 16.5. The maximum absolute atomic E-state index is 9.91. The van der Waals surface area contributed by atoms with Crippen molar-refractivity contribution in [2.45, 2.75) is 25.4 Å². The quantitative estimate of drug-likeness (QED) is 0.890. The molecule has 0 aromatic heterocycles. The van der Waals surface area contributed by atoms with Crippen LogP contribution in [0.15, 0.2) is 36.4 Å². The molecule has 0 saturated carbocycles. The van der Waals surface area contributed by atoms with E-state index in [0.717, 1.165) is 35.5 Å². The van der Waals surface area contributed by atoms with Crippen molar-refractivity contribution < 1.29 is 14.6 Å². The molecule has 0 aliphatic heterocycles. The molecule has 0 heterocycles. The normalized spacial score (nSPS) is 16.4. The summed E-state index contributed by atoms with van der Waals surface area (Å²) >= 11 is 0. The van der Waals surface area contributed by atoms with Crippen LogP contribution in [0, 0.1) is 0 Å². The third-order valence-electron chi connectivity index (χ3n) is 4.28. The van der Waals surface area contributed by atoms with E-state index in [1.807, 2.05) is 24.3 Å². The largest absolute Gasteiger partial charge is 0.508 e. The molecule has 0 radical (unpaired) electrons. The first-order valence-corrected chi connectivity index (χ1v) is 7.48. The molecular weight excluding hydrogens is 278 g/mol. The molecule has 0 fully saturated rings. The molecule has 1 atom stereocenters. The summed E-state index contributed by atoms with van der Waals surface area (Å²) in [6.45, 7) is 0.715. The van der Waals surface area contributed by atoms with Gasteiger partial charge >= 0.3 is 0 Å². The van der Waals surface area contributed by atoms with Crippen LogP contribution in [0.1, 0.15) is 29.2 Å². The first kappa shape index (κ1) is 14.7. The second-order valence-corrected chi connectivity index (χ2v) is 5.49. The molecule has 3 rings (SSSR count). The average molecular weight is 299 g/mol. The fraction of sp³-hybridized carbons (Fsp3) is 0.333. The Morgan fingerprint density at radius 3 is 2.82 bits per heavy atom. The van der Waals surface area contributed by atoms with Gasteiger partial charge in [-0.3, -0.25) is 0 Å². The standard InChI is InChI=1S/C18H21NO3/c1-21-13-7-6-12(18(10-13)22-2)11-19-16-9-8-15-14(16)4-3-5-17(15)20/h3-7,10,16,19-20H,8-9,11H2,1-2H3/t16-/m0/s1. The Balaban J connectivity index is 1.73. The topological polar surface area (TPSA) is 50.7 Å². The Labute approximate surface area is 130 Å². The van der Waals surface area contributed by atoms with Crippen molar-refractivity contribution in [3.63, 3.8) is 0 Å². The number of aromatic hydroxyl groups is 1. The summed E-state index contributed by atoms with van der Waals surface area (Å²) < 4.78 is 10.7. The van der Waals surface area contributed by atoms with Gasteiger partial charge in [0.25, 0.3) is 0 Å². The van der Waals surface area contributed by atoms with Gasteiger partial charge in [-0.25, -0.2) is 0 Å². The van der Waals surface area contributed by atoms with Crippen molar-refractivity contribution in [2.24, 2.45) is 0 Å². The van der Waals surface area contributed by atoms with Gasteiger partial charge in [-0.15, -0.1) is 0 Å². The molecule has 1 aliphatic rings. The van der Waals surface area contributed by atoms with Crippen LogP contribution in [0.2, 0.25) is 0 Å². The molecule has 0 amide bonds. The van der Waals surface area contributed by atoms with E-state index in [0.29, 0.717) is 12.3 Å². The molecule has 2 N–H and O–H groups in total. The van der Waals surface area contributed by atoms with Crippen LogP contribution in [-0.2, 0) is 13.0 Å². The third-order valence-corrected chi connectivity index (χ3v) is 4.28. The average Bonchev–Trinajstić information content (AvgIpc) is 2.97.